The Morgan fingerprint density at radius 3 is 1.72 bits per heavy atom. The summed E-state index contributed by atoms with van der Waals surface area (Å²) in [5, 5.41) is 18.9. The Kier molecular flexibility index (Phi) is 10.8. The number of nitro benzene ring substituents is 1. The fourth-order valence-electron chi connectivity index (χ4n) is 3.30. The minimum atomic E-state index is -0.435. The Morgan fingerprint density at radius 2 is 1.22 bits per heavy atom. The van der Waals surface area contributed by atoms with Gasteiger partial charge in [0.05, 0.1) is 50.6 Å². The van der Waals surface area contributed by atoms with Crippen molar-refractivity contribution in [2.24, 2.45) is 10.2 Å². The number of hydrogen-bond donors (Lipinski definition) is 0. The van der Waals surface area contributed by atoms with Gasteiger partial charge in [-0.2, -0.15) is 10.2 Å². The van der Waals surface area contributed by atoms with E-state index in [1.807, 2.05) is 24.3 Å². The number of hydrogen-bond acceptors (Lipinski definition) is 5. The van der Waals surface area contributed by atoms with E-state index in [9.17, 15) is 10.1 Å². The van der Waals surface area contributed by atoms with Crippen LogP contribution in [0.25, 0.3) is 0 Å². The van der Waals surface area contributed by atoms with Gasteiger partial charge in [0.15, 0.2) is 0 Å². The van der Waals surface area contributed by atoms with E-state index in [0.717, 1.165) is 23.3 Å². The van der Waals surface area contributed by atoms with Crippen molar-refractivity contribution >= 4 is 17.1 Å². The van der Waals surface area contributed by atoms with Gasteiger partial charge in [-0.25, -0.2) is 0 Å². The van der Waals surface area contributed by atoms with Gasteiger partial charge in [0, 0.05) is 12.1 Å². The molecule has 7 nitrogen and oxygen atoms in total. The molecule has 2 aromatic carbocycles. The van der Waals surface area contributed by atoms with Crippen molar-refractivity contribution in [1.82, 2.24) is 0 Å². The maximum absolute atomic E-state index is 10.7. The van der Waals surface area contributed by atoms with Crippen molar-refractivity contribution in [3.63, 3.8) is 0 Å². The first-order chi connectivity index (χ1) is 15.3. The summed E-state index contributed by atoms with van der Waals surface area (Å²) in [7, 11) is 6.77. The summed E-state index contributed by atoms with van der Waals surface area (Å²) in [6.07, 6.45) is 10.2. The highest BCUT2D eigenvalue weighted by molar-refractivity contribution is 5.45. The summed E-state index contributed by atoms with van der Waals surface area (Å²) in [6.45, 7) is 1.99. The standard InChI is InChI=1S/C25H37N4O3/c1-29(2,3)20-10-8-6-4-5-7-9-11-21-32-25-18-14-23(15-19-25)27-26-22-12-16-24(17-13-22)28(30)31/h12-19H,4-11,20-21H2,1-3H3/q+1. The highest BCUT2D eigenvalue weighted by atomic mass is 16.6. The molecule has 0 aliphatic carbocycles. The lowest BCUT2D eigenvalue weighted by molar-refractivity contribution is -0.870. The Balaban J connectivity index is 1.55. The number of nitrogens with zero attached hydrogens (tertiary/aromatic N) is 4. The van der Waals surface area contributed by atoms with Crippen LogP contribution in [0.4, 0.5) is 17.1 Å². The highest BCUT2D eigenvalue weighted by Crippen LogP contribution is 2.23. The van der Waals surface area contributed by atoms with E-state index in [1.54, 1.807) is 12.1 Å². The number of benzene rings is 2. The summed E-state index contributed by atoms with van der Waals surface area (Å²) in [6, 6.07) is 13.5. The van der Waals surface area contributed by atoms with Crippen LogP contribution >= 0.6 is 0 Å². The Labute approximate surface area is 191 Å². The van der Waals surface area contributed by atoms with Crippen molar-refractivity contribution in [3.05, 3.63) is 58.6 Å². The van der Waals surface area contributed by atoms with Gasteiger partial charge >= 0.3 is 0 Å². The van der Waals surface area contributed by atoms with Gasteiger partial charge in [0.25, 0.3) is 5.69 Å². The molecule has 0 spiro atoms. The van der Waals surface area contributed by atoms with Gasteiger partial charge in [0.2, 0.25) is 0 Å². The van der Waals surface area contributed by atoms with Gasteiger partial charge in [-0.3, -0.25) is 10.1 Å². The minimum Gasteiger partial charge on any atom is -0.494 e. The summed E-state index contributed by atoms with van der Waals surface area (Å²) in [4.78, 5) is 10.2. The predicted molar refractivity (Wildman–Crippen MR) is 129 cm³/mol. The molecule has 0 aliphatic heterocycles. The number of ether oxygens (including phenoxy) is 1. The average Bonchev–Trinajstić information content (AvgIpc) is 2.76. The van der Waals surface area contributed by atoms with E-state index < -0.39 is 4.92 Å². The lowest BCUT2D eigenvalue weighted by Crippen LogP contribution is -2.35. The van der Waals surface area contributed by atoms with E-state index in [1.165, 1.54) is 63.6 Å². The van der Waals surface area contributed by atoms with Crippen molar-refractivity contribution < 1.29 is 14.1 Å². The van der Waals surface area contributed by atoms with Gasteiger partial charge < -0.3 is 9.22 Å². The lowest BCUT2D eigenvalue weighted by atomic mass is 10.1. The summed E-state index contributed by atoms with van der Waals surface area (Å²) in [5.41, 5.74) is 1.31. The number of nitro groups is 1. The first kappa shape index (κ1) is 25.5. The fraction of sp³-hybridized carbons (Fsp3) is 0.520. The van der Waals surface area contributed by atoms with Crippen molar-refractivity contribution in [1.29, 1.82) is 0 Å². The van der Waals surface area contributed by atoms with Crippen LogP contribution in [0.15, 0.2) is 58.8 Å². The average molecular weight is 442 g/mol. The van der Waals surface area contributed by atoms with Crippen molar-refractivity contribution in [2.45, 2.75) is 51.4 Å². The summed E-state index contributed by atoms with van der Waals surface area (Å²) < 4.78 is 6.88. The Hall–Kier alpha value is -2.80. The second-order valence-corrected chi connectivity index (χ2v) is 9.16. The van der Waals surface area contributed by atoms with Crippen LogP contribution in [-0.2, 0) is 0 Å². The second kappa shape index (κ2) is 13.6. The zero-order chi connectivity index (χ0) is 23.2. The molecular formula is C25H37N4O3+. The maximum Gasteiger partial charge on any atom is 0.269 e. The molecule has 2 aromatic rings. The molecular weight excluding hydrogens is 404 g/mol. The molecule has 0 unspecified atom stereocenters. The van der Waals surface area contributed by atoms with E-state index in [2.05, 4.69) is 31.4 Å². The van der Waals surface area contributed by atoms with E-state index in [4.69, 9.17) is 4.74 Å². The summed E-state index contributed by atoms with van der Waals surface area (Å²) >= 11 is 0. The molecule has 0 saturated carbocycles. The molecule has 0 saturated heterocycles. The van der Waals surface area contributed by atoms with Crippen LogP contribution in [0.3, 0.4) is 0 Å². The minimum absolute atomic E-state index is 0.0384. The zero-order valence-electron chi connectivity index (χ0n) is 19.7. The Bertz CT molecular complexity index is 828. The van der Waals surface area contributed by atoms with Crippen molar-refractivity contribution in [2.75, 3.05) is 34.3 Å². The maximum atomic E-state index is 10.7. The number of azo groups is 1. The Morgan fingerprint density at radius 1 is 0.750 bits per heavy atom. The van der Waals surface area contributed by atoms with Gasteiger partial charge in [-0.1, -0.05) is 32.1 Å². The molecule has 0 bridgehead atoms. The van der Waals surface area contributed by atoms with Gasteiger partial charge in [-0.05, 0) is 55.7 Å². The second-order valence-electron chi connectivity index (χ2n) is 9.16. The molecule has 0 N–H and O–H groups in total. The molecule has 0 heterocycles. The van der Waals surface area contributed by atoms with Crippen LogP contribution in [0.1, 0.15) is 51.4 Å². The molecule has 0 aliphatic rings. The van der Waals surface area contributed by atoms with E-state index >= 15 is 0 Å². The topological polar surface area (TPSA) is 77.1 Å². The molecule has 0 amide bonds. The lowest BCUT2D eigenvalue weighted by Gasteiger charge is -2.23. The highest BCUT2D eigenvalue weighted by Gasteiger charge is 2.05. The summed E-state index contributed by atoms with van der Waals surface area (Å²) in [5.74, 6) is 0.830. The van der Waals surface area contributed by atoms with Crippen LogP contribution < -0.4 is 4.74 Å². The molecule has 2 rings (SSSR count). The number of quaternary nitrogens is 1. The molecule has 7 heteroatoms. The van der Waals surface area contributed by atoms with Crippen LogP contribution in [0, 0.1) is 10.1 Å². The SMILES string of the molecule is C[N+](C)(C)CCCCCCCCCCOc1ccc(N=Nc2ccc([N+](=O)[O-])cc2)cc1. The first-order valence-electron chi connectivity index (χ1n) is 11.5. The number of non-ortho nitro benzene ring substituents is 1. The largest absolute Gasteiger partial charge is 0.494 e. The van der Waals surface area contributed by atoms with Crippen molar-refractivity contribution in [3.8, 4) is 5.75 Å². The predicted octanol–water partition coefficient (Wildman–Crippen LogP) is 7.22. The molecule has 0 radical (unpaired) electrons. The van der Waals surface area contributed by atoms with E-state index in [-0.39, 0.29) is 5.69 Å². The molecule has 32 heavy (non-hydrogen) atoms. The molecule has 0 aromatic heterocycles. The normalized spacial score (nSPS) is 11.7. The first-order valence-corrected chi connectivity index (χ1v) is 11.5. The third-order valence-corrected chi connectivity index (χ3v) is 5.17. The molecule has 0 fully saturated rings. The monoisotopic (exact) mass is 441 g/mol. The number of unbranched alkanes of at least 4 members (excludes halogenated alkanes) is 7. The molecule has 0 atom stereocenters. The third kappa shape index (κ3) is 11.0. The quantitative estimate of drug-likeness (QED) is 0.0962. The van der Waals surface area contributed by atoms with Crippen LogP contribution in [0.2, 0.25) is 0 Å². The van der Waals surface area contributed by atoms with E-state index in [0.29, 0.717) is 11.4 Å². The third-order valence-electron chi connectivity index (χ3n) is 5.17. The fourth-order valence-corrected chi connectivity index (χ4v) is 3.30. The smallest absolute Gasteiger partial charge is 0.269 e. The van der Waals surface area contributed by atoms with Gasteiger partial charge in [0.1, 0.15) is 5.75 Å². The molecule has 174 valence electrons. The number of rotatable bonds is 15. The van der Waals surface area contributed by atoms with Gasteiger partial charge in [-0.15, -0.1) is 0 Å². The zero-order valence-corrected chi connectivity index (χ0v) is 19.7. The van der Waals surface area contributed by atoms with Crippen LogP contribution in [0.5, 0.6) is 5.75 Å². The van der Waals surface area contributed by atoms with Crippen LogP contribution in [-0.4, -0.2) is 43.7 Å².